The lowest BCUT2D eigenvalue weighted by Gasteiger charge is -2.24. The van der Waals surface area contributed by atoms with Gasteiger partial charge >= 0.3 is 5.97 Å². The Balaban J connectivity index is 2.31. The van der Waals surface area contributed by atoms with Crippen LogP contribution < -0.4 is 10.6 Å². The number of carboxylic acid groups (broad SMARTS) is 1. The van der Waals surface area contributed by atoms with Gasteiger partial charge in [0.1, 0.15) is 6.10 Å². The molecule has 1 saturated heterocycles. The number of β-amino-alcohol motifs (C(OH)–C–C–N with tert-alkyl or cyclic N) is 1. The van der Waals surface area contributed by atoms with Gasteiger partial charge in [-0.1, -0.05) is 0 Å². The van der Waals surface area contributed by atoms with E-state index in [-0.39, 0.29) is 6.54 Å². The van der Waals surface area contributed by atoms with Gasteiger partial charge in [0, 0.05) is 17.9 Å². The lowest BCUT2D eigenvalue weighted by atomic mass is 10.1. The molecule has 1 fully saturated rings. The summed E-state index contributed by atoms with van der Waals surface area (Å²) in [6.07, 6.45) is -2.35. The normalized spacial score (nSPS) is 28.4. The third-order valence-corrected chi connectivity index (χ3v) is 2.92. The van der Waals surface area contributed by atoms with Gasteiger partial charge in [-0.2, -0.15) is 0 Å². The van der Waals surface area contributed by atoms with E-state index in [1.54, 1.807) is 24.3 Å². The number of nitrogen functional groups attached to an aromatic ring is 1. The first-order valence-corrected chi connectivity index (χ1v) is 5.22. The van der Waals surface area contributed by atoms with E-state index in [1.807, 2.05) is 0 Å². The Hall–Kier alpha value is -1.79. The van der Waals surface area contributed by atoms with Gasteiger partial charge in [0.25, 0.3) is 0 Å². The molecule has 6 nitrogen and oxygen atoms in total. The summed E-state index contributed by atoms with van der Waals surface area (Å²) >= 11 is 0. The van der Waals surface area contributed by atoms with Crippen molar-refractivity contribution in [1.82, 2.24) is 0 Å². The molecular weight excluding hydrogens is 224 g/mol. The Kier molecular flexibility index (Phi) is 2.91. The monoisotopic (exact) mass is 238 g/mol. The van der Waals surface area contributed by atoms with Crippen LogP contribution in [0.1, 0.15) is 0 Å². The van der Waals surface area contributed by atoms with Gasteiger partial charge in [-0.3, -0.25) is 0 Å². The van der Waals surface area contributed by atoms with Gasteiger partial charge in [-0.15, -0.1) is 0 Å². The first-order chi connectivity index (χ1) is 8.00. The van der Waals surface area contributed by atoms with E-state index in [1.165, 1.54) is 4.90 Å². The smallest absolute Gasteiger partial charge is 0.329 e. The van der Waals surface area contributed by atoms with Crippen LogP contribution in [0.3, 0.4) is 0 Å². The highest BCUT2D eigenvalue weighted by molar-refractivity contribution is 5.80. The zero-order chi connectivity index (χ0) is 12.6. The number of benzene rings is 1. The molecule has 5 N–H and O–H groups in total. The second-order valence-electron chi connectivity index (χ2n) is 4.08. The Morgan fingerprint density at radius 3 is 2.41 bits per heavy atom. The lowest BCUT2D eigenvalue weighted by Crippen LogP contribution is -2.42. The Morgan fingerprint density at radius 2 is 1.88 bits per heavy atom. The number of nitrogens with two attached hydrogens (primary N) is 1. The van der Waals surface area contributed by atoms with Gasteiger partial charge in [0.15, 0.2) is 6.04 Å². The van der Waals surface area contributed by atoms with Crippen LogP contribution in [-0.4, -0.2) is 46.1 Å². The maximum atomic E-state index is 11.1. The van der Waals surface area contributed by atoms with Crippen molar-refractivity contribution in [2.75, 3.05) is 17.2 Å². The van der Waals surface area contributed by atoms with E-state index in [2.05, 4.69) is 0 Å². The molecule has 0 aromatic heterocycles. The van der Waals surface area contributed by atoms with Crippen LogP contribution in [0.2, 0.25) is 0 Å². The van der Waals surface area contributed by atoms with Crippen molar-refractivity contribution in [3.05, 3.63) is 24.3 Å². The average Bonchev–Trinajstić information content (AvgIpc) is 2.56. The molecule has 0 aliphatic carbocycles. The van der Waals surface area contributed by atoms with Gasteiger partial charge in [0.05, 0.1) is 6.10 Å². The number of carboxylic acids is 1. The number of aliphatic hydroxyl groups is 2. The molecule has 1 heterocycles. The SMILES string of the molecule is Nc1ccc(N2CC(O)C(O)C2C(=O)O)cc1. The summed E-state index contributed by atoms with van der Waals surface area (Å²) in [6.45, 7) is 0.0854. The van der Waals surface area contributed by atoms with Crippen LogP contribution in [0.15, 0.2) is 24.3 Å². The minimum Gasteiger partial charge on any atom is -0.480 e. The summed E-state index contributed by atoms with van der Waals surface area (Å²) in [4.78, 5) is 12.5. The summed E-state index contributed by atoms with van der Waals surface area (Å²) in [6, 6.07) is 5.48. The molecule has 0 spiro atoms. The average molecular weight is 238 g/mol. The number of hydrogen-bond donors (Lipinski definition) is 4. The highest BCUT2D eigenvalue weighted by Gasteiger charge is 2.44. The number of anilines is 2. The molecule has 92 valence electrons. The first kappa shape index (κ1) is 11.7. The van der Waals surface area contributed by atoms with E-state index in [0.29, 0.717) is 11.4 Å². The molecule has 1 aliphatic rings. The van der Waals surface area contributed by atoms with Crippen molar-refractivity contribution in [1.29, 1.82) is 0 Å². The highest BCUT2D eigenvalue weighted by Crippen LogP contribution is 2.27. The number of carbonyl (C=O) groups is 1. The summed E-state index contributed by atoms with van der Waals surface area (Å²) in [5, 5.41) is 28.2. The van der Waals surface area contributed by atoms with E-state index < -0.39 is 24.2 Å². The molecule has 0 saturated carbocycles. The zero-order valence-electron chi connectivity index (χ0n) is 9.02. The first-order valence-electron chi connectivity index (χ1n) is 5.22. The molecule has 0 radical (unpaired) electrons. The van der Waals surface area contributed by atoms with Crippen LogP contribution in [0.25, 0.3) is 0 Å². The molecule has 6 heteroatoms. The van der Waals surface area contributed by atoms with Crippen molar-refractivity contribution in [2.45, 2.75) is 18.2 Å². The number of aliphatic hydroxyl groups excluding tert-OH is 2. The molecule has 17 heavy (non-hydrogen) atoms. The van der Waals surface area contributed by atoms with Gasteiger partial charge in [-0.05, 0) is 24.3 Å². The van der Waals surface area contributed by atoms with Crippen LogP contribution in [0, 0.1) is 0 Å². The standard InChI is InChI=1S/C11H14N2O4/c12-6-1-3-7(4-2-6)13-5-8(14)10(15)9(13)11(16)17/h1-4,8-10,14-15H,5,12H2,(H,16,17). The van der Waals surface area contributed by atoms with Crippen LogP contribution in [0.4, 0.5) is 11.4 Å². The molecule has 1 aliphatic heterocycles. The highest BCUT2D eigenvalue weighted by atomic mass is 16.4. The fraction of sp³-hybridized carbons (Fsp3) is 0.364. The quantitative estimate of drug-likeness (QED) is 0.506. The number of hydrogen-bond acceptors (Lipinski definition) is 5. The van der Waals surface area contributed by atoms with Crippen molar-refractivity contribution in [2.24, 2.45) is 0 Å². The Morgan fingerprint density at radius 1 is 1.29 bits per heavy atom. The maximum absolute atomic E-state index is 11.1. The third-order valence-electron chi connectivity index (χ3n) is 2.92. The molecular formula is C11H14N2O4. The van der Waals surface area contributed by atoms with E-state index in [0.717, 1.165) is 0 Å². The van der Waals surface area contributed by atoms with Gasteiger partial charge < -0.3 is 26.0 Å². The Labute approximate surface area is 97.9 Å². The molecule has 3 unspecified atom stereocenters. The van der Waals surface area contributed by atoms with Crippen LogP contribution in [0.5, 0.6) is 0 Å². The summed E-state index contributed by atoms with van der Waals surface area (Å²) in [5.41, 5.74) is 6.72. The Bertz CT molecular complexity index is 420. The largest absolute Gasteiger partial charge is 0.480 e. The maximum Gasteiger partial charge on any atom is 0.329 e. The lowest BCUT2D eigenvalue weighted by molar-refractivity contribution is -0.141. The van der Waals surface area contributed by atoms with E-state index >= 15 is 0 Å². The summed E-state index contributed by atoms with van der Waals surface area (Å²) < 4.78 is 0. The van der Waals surface area contributed by atoms with Gasteiger partial charge in [0.2, 0.25) is 0 Å². The van der Waals surface area contributed by atoms with E-state index in [4.69, 9.17) is 10.8 Å². The fourth-order valence-electron chi connectivity index (χ4n) is 2.03. The van der Waals surface area contributed by atoms with Crippen LogP contribution >= 0.6 is 0 Å². The summed E-state index contributed by atoms with van der Waals surface area (Å²) in [7, 11) is 0. The number of nitrogens with zero attached hydrogens (tertiary/aromatic N) is 1. The summed E-state index contributed by atoms with van der Waals surface area (Å²) in [5.74, 6) is -1.16. The van der Waals surface area contributed by atoms with Crippen LogP contribution in [-0.2, 0) is 4.79 Å². The molecule has 1 aromatic rings. The molecule has 3 atom stereocenters. The van der Waals surface area contributed by atoms with Crippen molar-refractivity contribution >= 4 is 17.3 Å². The van der Waals surface area contributed by atoms with Crippen molar-refractivity contribution in [3.63, 3.8) is 0 Å². The minimum atomic E-state index is -1.29. The third kappa shape index (κ3) is 2.04. The van der Waals surface area contributed by atoms with Crippen molar-refractivity contribution in [3.8, 4) is 0 Å². The fourth-order valence-corrected chi connectivity index (χ4v) is 2.03. The molecule has 2 rings (SSSR count). The molecule has 1 aromatic carbocycles. The van der Waals surface area contributed by atoms with E-state index in [9.17, 15) is 15.0 Å². The number of rotatable bonds is 2. The van der Waals surface area contributed by atoms with Crippen molar-refractivity contribution < 1.29 is 20.1 Å². The van der Waals surface area contributed by atoms with Gasteiger partial charge in [-0.25, -0.2) is 4.79 Å². The molecule has 0 amide bonds. The molecule has 0 bridgehead atoms. The zero-order valence-corrected chi connectivity index (χ0v) is 9.02. The minimum absolute atomic E-state index is 0.0854. The topological polar surface area (TPSA) is 107 Å². The second-order valence-corrected chi connectivity index (χ2v) is 4.08. The second kappa shape index (κ2) is 4.23. The number of aliphatic carboxylic acids is 1. The predicted molar refractivity (Wildman–Crippen MR) is 61.6 cm³/mol. The predicted octanol–water partition coefficient (Wildman–Crippen LogP) is -0.736.